The van der Waals surface area contributed by atoms with Gasteiger partial charge in [-0.15, -0.1) is 0 Å². The van der Waals surface area contributed by atoms with Crippen molar-refractivity contribution >= 4 is 38.8 Å². The zero-order valence-electron chi connectivity index (χ0n) is 21.7. The molecule has 0 saturated carbocycles. The Bertz CT molecular complexity index is 1830. The molecule has 2 aromatic carbocycles. The van der Waals surface area contributed by atoms with Gasteiger partial charge in [-0.2, -0.15) is 4.98 Å². The summed E-state index contributed by atoms with van der Waals surface area (Å²) in [6.45, 7) is 3.95. The van der Waals surface area contributed by atoms with Gasteiger partial charge in [0.25, 0.3) is 5.56 Å². The molecular formula is C29H31N7O2. The van der Waals surface area contributed by atoms with Gasteiger partial charge in [-0.25, -0.2) is 4.79 Å². The first-order chi connectivity index (χ1) is 18.5. The summed E-state index contributed by atoms with van der Waals surface area (Å²) in [4.78, 5) is 39.4. The first kappa shape index (κ1) is 24.1. The van der Waals surface area contributed by atoms with Gasteiger partial charge in [0, 0.05) is 43.5 Å². The van der Waals surface area contributed by atoms with Crippen LogP contribution in [0.4, 0.5) is 5.95 Å². The molecule has 2 N–H and O–H groups in total. The Labute approximate surface area is 219 Å². The molecule has 0 radical (unpaired) electrons. The van der Waals surface area contributed by atoms with Gasteiger partial charge in [-0.05, 0) is 31.2 Å². The fourth-order valence-corrected chi connectivity index (χ4v) is 5.56. The van der Waals surface area contributed by atoms with E-state index in [4.69, 9.17) is 15.7 Å². The third-order valence-electron chi connectivity index (χ3n) is 7.47. The number of benzene rings is 2. The maximum Gasteiger partial charge on any atom is 0.332 e. The maximum atomic E-state index is 14.0. The fourth-order valence-electron chi connectivity index (χ4n) is 5.56. The second kappa shape index (κ2) is 9.57. The molecular weight excluding hydrogens is 478 g/mol. The SMILES string of the molecule is CC=CCn1c(N2CCCC(N)C2)nc2c1c(=O)n(Cc1nc3ccccc3c3ccccc13)c(=O)n2C. The highest BCUT2D eigenvalue weighted by Crippen LogP contribution is 2.27. The Morgan fingerprint density at radius 1 is 1.00 bits per heavy atom. The first-order valence-electron chi connectivity index (χ1n) is 13.1. The number of para-hydroxylation sites is 1. The van der Waals surface area contributed by atoms with Crippen LogP contribution in [0.3, 0.4) is 0 Å². The number of nitrogens with two attached hydrogens (primary N) is 1. The van der Waals surface area contributed by atoms with E-state index in [-0.39, 0.29) is 18.1 Å². The summed E-state index contributed by atoms with van der Waals surface area (Å²) in [6, 6.07) is 16.0. The van der Waals surface area contributed by atoms with E-state index in [1.54, 1.807) is 7.05 Å². The Balaban J connectivity index is 1.57. The van der Waals surface area contributed by atoms with Crippen LogP contribution in [0, 0.1) is 0 Å². The van der Waals surface area contributed by atoms with Gasteiger partial charge in [-0.3, -0.25) is 18.9 Å². The van der Waals surface area contributed by atoms with Crippen molar-refractivity contribution in [2.45, 2.75) is 38.9 Å². The lowest BCUT2D eigenvalue weighted by Gasteiger charge is -2.31. The number of aryl methyl sites for hydroxylation is 1. The number of rotatable bonds is 5. The minimum atomic E-state index is -0.417. The lowest BCUT2D eigenvalue weighted by Crippen LogP contribution is -2.44. The number of nitrogens with zero attached hydrogens (tertiary/aromatic N) is 6. The van der Waals surface area contributed by atoms with E-state index in [9.17, 15) is 9.59 Å². The molecule has 1 aliphatic heterocycles. The quantitative estimate of drug-likeness (QED) is 0.288. The molecule has 4 heterocycles. The maximum absolute atomic E-state index is 14.0. The van der Waals surface area contributed by atoms with Crippen LogP contribution in [-0.4, -0.2) is 42.8 Å². The molecule has 1 aliphatic rings. The molecule has 0 aliphatic carbocycles. The number of hydrogen-bond acceptors (Lipinski definition) is 6. The summed E-state index contributed by atoms with van der Waals surface area (Å²) in [5, 5.41) is 3.00. The molecule has 0 spiro atoms. The van der Waals surface area contributed by atoms with Crippen molar-refractivity contribution < 1.29 is 0 Å². The molecule has 38 heavy (non-hydrogen) atoms. The van der Waals surface area contributed by atoms with Gasteiger partial charge in [-0.1, -0.05) is 54.6 Å². The standard InChI is InChI=1S/C29H31N7O2/c1-3-4-16-35-25-26(32-28(35)34-15-9-10-19(30)17-34)33(2)29(38)36(27(25)37)18-24-22-13-6-5-11-20(22)21-12-7-8-14-23(21)31-24/h3-8,11-14,19H,9-10,15-18,30H2,1-2H3. The van der Waals surface area contributed by atoms with Crippen molar-refractivity contribution in [3.63, 3.8) is 0 Å². The molecule has 1 unspecified atom stereocenters. The molecule has 1 saturated heterocycles. The monoisotopic (exact) mass is 509 g/mol. The summed E-state index contributed by atoms with van der Waals surface area (Å²) < 4.78 is 4.67. The highest BCUT2D eigenvalue weighted by Gasteiger charge is 2.26. The summed E-state index contributed by atoms with van der Waals surface area (Å²) in [5.41, 5.74) is 7.77. The molecule has 194 valence electrons. The molecule has 6 rings (SSSR count). The number of anilines is 1. The molecule has 1 atom stereocenters. The van der Waals surface area contributed by atoms with Gasteiger partial charge >= 0.3 is 5.69 Å². The summed E-state index contributed by atoms with van der Waals surface area (Å²) in [7, 11) is 1.67. The molecule has 1 fully saturated rings. The largest absolute Gasteiger partial charge is 0.341 e. The predicted octanol–water partition coefficient (Wildman–Crippen LogP) is 3.15. The van der Waals surface area contributed by atoms with E-state index < -0.39 is 5.69 Å². The number of aromatic nitrogens is 5. The molecule has 3 aromatic heterocycles. The zero-order chi connectivity index (χ0) is 26.4. The van der Waals surface area contributed by atoms with Crippen molar-refractivity contribution in [1.29, 1.82) is 0 Å². The van der Waals surface area contributed by atoms with Crippen LogP contribution >= 0.6 is 0 Å². The lowest BCUT2D eigenvalue weighted by atomic mass is 10.0. The highest BCUT2D eigenvalue weighted by molar-refractivity contribution is 6.06. The molecule has 5 aromatic rings. The molecule has 9 nitrogen and oxygen atoms in total. The Morgan fingerprint density at radius 3 is 2.50 bits per heavy atom. The minimum absolute atomic E-state index is 0.0477. The number of allylic oxidation sites excluding steroid dienone is 2. The van der Waals surface area contributed by atoms with Crippen LogP contribution in [-0.2, 0) is 20.1 Å². The van der Waals surface area contributed by atoms with Crippen LogP contribution in [0.2, 0.25) is 0 Å². The summed E-state index contributed by atoms with van der Waals surface area (Å²) in [6.07, 6.45) is 5.85. The second-order valence-electron chi connectivity index (χ2n) is 9.97. The van der Waals surface area contributed by atoms with Crippen LogP contribution < -0.4 is 21.9 Å². The van der Waals surface area contributed by atoms with Crippen molar-refractivity contribution in [3.05, 3.63) is 87.2 Å². The van der Waals surface area contributed by atoms with Crippen LogP contribution in [0.15, 0.2) is 70.3 Å². The van der Waals surface area contributed by atoms with E-state index in [0.29, 0.717) is 35.9 Å². The average Bonchev–Trinajstić information content (AvgIpc) is 3.33. The molecule has 9 heteroatoms. The second-order valence-corrected chi connectivity index (χ2v) is 9.97. The number of hydrogen-bond donors (Lipinski definition) is 1. The lowest BCUT2D eigenvalue weighted by molar-refractivity contribution is 0.495. The Hall–Kier alpha value is -4.24. The number of fused-ring (bicyclic) bond motifs is 4. The van der Waals surface area contributed by atoms with Gasteiger partial charge in [0.1, 0.15) is 0 Å². The van der Waals surface area contributed by atoms with Gasteiger partial charge in [0.05, 0.1) is 17.8 Å². The van der Waals surface area contributed by atoms with Crippen molar-refractivity contribution in [1.82, 2.24) is 23.7 Å². The van der Waals surface area contributed by atoms with Crippen molar-refractivity contribution in [3.8, 4) is 0 Å². The number of pyridine rings is 1. The number of imidazole rings is 1. The van der Waals surface area contributed by atoms with E-state index in [1.165, 1.54) is 9.13 Å². The van der Waals surface area contributed by atoms with Crippen LogP contribution in [0.5, 0.6) is 0 Å². The third-order valence-corrected chi connectivity index (χ3v) is 7.47. The van der Waals surface area contributed by atoms with E-state index in [2.05, 4.69) is 11.0 Å². The van der Waals surface area contributed by atoms with E-state index in [0.717, 1.165) is 41.1 Å². The van der Waals surface area contributed by atoms with Crippen molar-refractivity contribution in [2.24, 2.45) is 12.8 Å². The number of piperidine rings is 1. The van der Waals surface area contributed by atoms with Gasteiger partial charge in [0.15, 0.2) is 11.2 Å². The van der Waals surface area contributed by atoms with Crippen molar-refractivity contribution in [2.75, 3.05) is 18.0 Å². The van der Waals surface area contributed by atoms with Crippen LogP contribution in [0.25, 0.3) is 32.8 Å². The average molecular weight is 510 g/mol. The smallest absolute Gasteiger partial charge is 0.332 e. The first-order valence-corrected chi connectivity index (χ1v) is 13.1. The Kier molecular flexibility index (Phi) is 6.07. The summed E-state index contributed by atoms with van der Waals surface area (Å²) in [5.74, 6) is 0.673. The van der Waals surface area contributed by atoms with E-state index >= 15 is 0 Å². The molecule has 0 bridgehead atoms. The van der Waals surface area contributed by atoms with Gasteiger partial charge < -0.3 is 15.2 Å². The van der Waals surface area contributed by atoms with E-state index in [1.807, 2.05) is 66.1 Å². The third kappa shape index (κ3) is 3.90. The summed E-state index contributed by atoms with van der Waals surface area (Å²) >= 11 is 0. The predicted molar refractivity (Wildman–Crippen MR) is 152 cm³/mol. The highest BCUT2D eigenvalue weighted by atomic mass is 16.2. The van der Waals surface area contributed by atoms with Crippen LogP contribution in [0.1, 0.15) is 25.5 Å². The van der Waals surface area contributed by atoms with Gasteiger partial charge in [0.2, 0.25) is 5.95 Å². The zero-order valence-corrected chi connectivity index (χ0v) is 21.7. The Morgan fingerprint density at radius 2 is 1.74 bits per heavy atom. The molecule has 0 amide bonds. The minimum Gasteiger partial charge on any atom is -0.341 e. The fraction of sp³-hybridized carbons (Fsp3) is 0.310. The topological polar surface area (TPSA) is 104 Å². The normalized spacial score (nSPS) is 16.4.